The van der Waals surface area contributed by atoms with Crippen LogP contribution < -0.4 is 14.4 Å². The quantitative estimate of drug-likeness (QED) is 0.320. The number of benzene rings is 2. The number of hydrogen-bond acceptors (Lipinski definition) is 7. The second kappa shape index (κ2) is 12.8. The number of carbonyl (C=O) groups excluding carboxylic acids is 1. The number of halogens is 1. The molecule has 3 aromatic rings. The molecule has 0 aliphatic carbocycles. The number of hydrogen-bond donors (Lipinski definition) is 0. The Morgan fingerprint density at radius 1 is 1.00 bits per heavy atom. The molecule has 0 bridgehead atoms. The summed E-state index contributed by atoms with van der Waals surface area (Å²) in [5.74, 6) is 1.78. The van der Waals surface area contributed by atoms with Crippen LogP contribution >= 0.6 is 11.6 Å². The minimum atomic E-state index is -0.333. The summed E-state index contributed by atoms with van der Waals surface area (Å²) in [6.07, 6.45) is 1.55. The van der Waals surface area contributed by atoms with Crippen molar-refractivity contribution in [3.05, 3.63) is 82.5 Å². The maximum atomic E-state index is 12.6. The van der Waals surface area contributed by atoms with Crippen molar-refractivity contribution in [1.29, 1.82) is 0 Å². The van der Waals surface area contributed by atoms with Crippen molar-refractivity contribution in [2.75, 3.05) is 37.7 Å². The number of piperazine rings is 1. The number of ether oxygens (including phenoxy) is 3. The summed E-state index contributed by atoms with van der Waals surface area (Å²) < 4.78 is 17.3. The molecule has 0 radical (unpaired) electrons. The summed E-state index contributed by atoms with van der Waals surface area (Å²) in [5.41, 5.74) is 2.60. The van der Waals surface area contributed by atoms with E-state index in [1.165, 1.54) is 0 Å². The molecule has 0 spiro atoms. The van der Waals surface area contributed by atoms with E-state index in [9.17, 15) is 4.79 Å². The Kier molecular flexibility index (Phi) is 9.25. The van der Waals surface area contributed by atoms with Gasteiger partial charge in [-0.1, -0.05) is 35.9 Å². The third-order valence-electron chi connectivity index (χ3n) is 6.08. The molecule has 0 saturated carbocycles. The van der Waals surface area contributed by atoms with E-state index in [1.807, 2.05) is 51.1 Å². The van der Waals surface area contributed by atoms with Gasteiger partial charge in [0.2, 0.25) is 0 Å². The number of aromatic nitrogens is 1. The van der Waals surface area contributed by atoms with Crippen molar-refractivity contribution in [3.8, 4) is 11.5 Å². The minimum Gasteiger partial charge on any atom is -0.490 e. The summed E-state index contributed by atoms with van der Waals surface area (Å²) >= 11 is 6.27. The zero-order valence-corrected chi connectivity index (χ0v) is 22.4. The molecule has 1 fully saturated rings. The van der Waals surface area contributed by atoms with Gasteiger partial charge in [0.1, 0.15) is 18.0 Å². The number of esters is 1. The van der Waals surface area contributed by atoms with Gasteiger partial charge in [-0.2, -0.15) is 0 Å². The maximum absolute atomic E-state index is 12.6. The summed E-state index contributed by atoms with van der Waals surface area (Å²) in [5, 5.41) is 0.686. The standard InChI is InChI=1S/C29H34ClN3O4/c1-4-35-27-18-22(11-12-26(27)36-20-23-8-5-6-10-25(23)30)19-32-14-16-33(17-15-32)28-24(9-7-13-31-28)29(34)37-21(2)3/h5-13,18,21H,4,14-17,19-20H2,1-3H3. The normalized spacial score (nSPS) is 14.0. The van der Waals surface area contributed by atoms with Crippen molar-refractivity contribution >= 4 is 23.4 Å². The van der Waals surface area contributed by atoms with E-state index < -0.39 is 0 Å². The monoisotopic (exact) mass is 523 g/mol. The van der Waals surface area contributed by atoms with Gasteiger partial charge >= 0.3 is 5.97 Å². The van der Waals surface area contributed by atoms with Crippen LogP contribution in [-0.2, 0) is 17.9 Å². The zero-order valence-electron chi connectivity index (χ0n) is 21.7. The highest BCUT2D eigenvalue weighted by molar-refractivity contribution is 6.31. The van der Waals surface area contributed by atoms with Crippen LogP contribution in [0.25, 0.3) is 0 Å². The Balaban J connectivity index is 1.37. The topological polar surface area (TPSA) is 64.1 Å². The Morgan fingerprint density at radius 2 is 1.78 bits per heavy atom. The van der Waals surface area contributed by atoms with Crippen LogP contribution in [-0.4, -0.2) is 54.7 Å². The average Bonchev–Trinajstić information content (AvgIpc) is 2.89. The van der Waals surface area contributed by atoms with Crippen LogP contribution in [0.4, 0.5) is 5.82 Å². The fourth-order valence-corrected chi connectivity index (χ4v) is 4.46. The molecule has 0 atom stereocenters. The Labute approximate surface area is 223 Å². The van der Waals surface area contributed by atoms with Gasteiger partial charge in [0.15, 0.2) is 11.5 Å². The SMILES string of the molecule is CCOc1cc(CN2CCN(c3ncccc3C(=O)OC(C)C)CC2)ccc1OCc1ccccc1Cl. The van der Waals surface area contributed by atoms with Crippen LogP contribution in [0.15, 0.2) is 60.8 Å². The third-order valence-corrected chi connectivity index (χ3v) is 6.45. The lowest BCUT2D eigenvalue weighted by molar-refractivity contribution is 0.0378. The molecule has 0 unspecified atom stereocenters. The second-order valence-electron chi connectivity index (χ2n) is 9.19. The fraction of sp³-hybridized carbons (Fsp3) is 0.379. The molecule has 1 aliphatic rings. The van der Waals surface area contributed by atoms with Crippen molar-refractivity contribution in [2.24, 2.45) is 0 Å². The summed E-state index contributed by atoms with van der Waals surface area (Å²) in [6, 6.07) is 17.3. The van der Waals surface area contributed by atoms with Gasteiger partial charge in [0, 0.05) is 49.5 Å². The number of pyridine rings is 1. The molecule has 2 aromatic carbocycles. The molecule has 1 aromatic heterocycles. The van der Waals surface area contributed by atoms with Gasteiger partial charge < -0.3 is 19.1 Å². The van der Waals surface area contributed by atoms with Crippen LogP contribution in [0.5, 0.6) is 11.5 Å². The first-order chi connectivity index (χ1) is 17.9. The molecule has 7 nitrogen and oxygen atoms in total. The predicted octanol–water partition coefficient (Wildman–Crippen LogP) is 5.60. The highest BCUT2D eigenvalue weighted by Gasteiger charge is 2.24. The molecular weight excluding hydrogens is 490 g/mol. The molecule has 0 amide bonds. The first kappa shape index (κ1) is 26.8. The van der Waals surface area contributed by atoms with E-state index in [0.29, 0.717) is 35.4 Å². The molecule has 37 heavy (non-hydrogen) atoms. The summed E-state index contributed by atoms with van der Waals surface area (Å²) in [4.78, 5) is 21.6. The van der Waals surface area contributed by atoms with Crippen molar-refractivity contribution in [1.82, 2.24) is 9.88 Å². The summed E-state index contributed by atoms with van der Waals surface area (Å²) in [7, 11) is 0. The molecule has 196 valence electrons. The van der Waals surface area contributed by atoms with E-state index in [0.717, 1.165) is 49.6 Å². The lowest BCUT2D eigenvalue weighted by Crippen LogP contribution is -2.46. The van der Waals surface area contributed by atoms with Crippen LogP contribution in [0, 0.1) is 0 Å². The van der Waals surface area contributed by atoms with E-state index in [-0.39, 0.29) is 12.1 Å². The Morgan fingerprint density at radius 3 is 2.51 bits per heavy atom. The van der Waals surface area contributed by atoms with Gasteiger partial charge in [-0.15, -0.1) is 0 Å². The van der Waals surface area contributed by atoms with Crippen molar-refractivity contribution in [2.45, 2.75) is 40.0 Å². The lowest BCUT2D eigenvalue weighted by atomic mass is 10.1. The Bertz CT molecular complexity index is 1200. The highest BCUT2D eigenvalue weighted by Crippen LogP contribution is 2.31. The number of nitrogens with zero attached hydrogens (tertiary/aromatic N) is 3. The molecule has 0 N–H and O–H groups in total. The molecule has 8 heteroatoms. The molecular formula is C29H34ClN3O4. The minimum absolute atomic E-state index is 0.174. The second-order valence-corrected chi connectivity index (χ2v) is 9.59. The van der Waals surface area contributed by atoms with Gasteiger partial charge in [0.25, 0.3) is 0 Å². The van der Waals surface area contributed by atoms with Crippen LogP contribution in [0.3, 0.4) is 0 Å². The Hall–Kier alpha value is -3.29. The lowest BCUT2D eigenvalue weighted by Gasteiger charge is -2.36. The molecule has 1 aliphatic heterocycles. The van der Waals surface area contributed by atoms with Gasteiger partial charge in [-0.3, -0.25) is 4.90 Å². The van der Waals surface area contributed by atoms with Crippen LogP contribution in [0.1, 0.15) is 42.3 Å². The zero-order chi connectivity index (χ0) is 26.2. The van der Waals surface area contributed by atoms with Gasteiger partial charge in [-0.05, 0) is 56.7 Å². The molecule has 1 saturated heterocycles. The molecule has 4 rings (SSSR count). The van der Waals surface area contributed by atoms with E-state index in [4.69, 9.17) is 25.8 Å². The number of rotatable bonds is 10. The van der Waals surface area contributed by atoms with Gasteiger partial charge in [0.05, 0.1) is 12.7 Å². The summed E-state index contributed by atoms with van der Waals surface area (Å²) in [6.45, 7) is 10.6. The van der Waals surface area contributed by atoms with Crippen molar-refractivity contribution in [3.63, 3.8) is 0 Å². The maximum Gasteiger partial charge on any atom is 0.342 e. The van der Waals surface area contributed by atoms with E-state index >= 15 is 0 Å². The van der Waals surface area contributed by atoms with E-state index in [1.54, 1.807) is 18.3 Å². The largest absolute Gasteiger partial charge is 0.490 e. The first-order valence-corrected chi connectivity index (χ1v) is 13.1. The fourth-order valence-electron chi connectivity index (χ4n) is 4.27. The van der Waals surface area contributed by atoms with Crippen LogP contribution in [0.2, 0.25) is 5.02 Å². The number of anilines is 1. The highest BCUT2D eigenvalue weighted by atomic mass is 35.5. The predicted molar refractivity (Wildman–Crippen MR) is 146 cm³/mol. The van der Waals surface area contributed by atoms with Gasteiger partial charge in [-0.25, -0.2) is 9.78 Å². The van der Waals surface area contributed by atoms with Crippen molar-refractivity contribution < 1.29 is 19.0 Å². The first-order valence-electron chi connectivity index (χ1n) is 12.7. The third kappa shape index (κ3) is 7.14. The number of carbonyl (C=O) groups is 1. The average molecular weight is 524 g/mol. The smallest absolute Gasteiger partial charge is 0.342 e. The van der Waals surface area contributed by atoms with E-state index in [2.05, 4.69) is 26.9 Å². The molecule has 2 heterocycles.